The molecule has 0 saturated heterocycles. The fourth-order valence-electron chi connectivity index (χ4n) is 1.64. The van der Waals surface area contributed by atoms with E-state index < -0.39 is 22.8 Å². The molecule has 1 rings (SSSR count). The molecule has 0 aromatic heterocycles. The largest absolute Gasteiger partial charge is 0.395 e. The van der Waals surface area contributed by atoms with Gasteiger partial charge in [0, 0.05) is 17.6 Å². The zero-order valence-corrected chi connectivity index (χ0v) is 13.1. The molecule has 0 unspecified atom stereocenters. The summed E-state index contributed by atoms with van der Waals surface area (Å²) in [5, 5.41) is 8.79. The van der Waals surface area contributed by atoms with Crippen LogP contribution in [0.3, 0.4) is 0 Å². The van der Waals surface area contributed by atoms with Gasteiger partial charge in [-0.15, -0.1) is 0 Å². The molecular weight excluding hydrogens is 356 g/mol. The van der Waals surface area contributed by atoms with Gasteiger partial charge in [-0.25, -0.2) is 17.2 Å². The molecule has 0 radical (unpaired) electrons. The number of halogens is 3. The SMILES string of the molecule is O=S(=O)(CCN(CCO)CC(F)F)c1ccc(Br)cc1. The highest BCUT2D eigenvalue weighted by atomic mass is 79.9. The van der Waals surface area contributed by atoms with E-state index in [-0.39, 0.29) is 30.3 Å². The van der Waals surface area contributed by atoms with Crippen LogP contribution in [0.15, 0.2) is 33.6 Å². The molecular formula is C12H16BrF2NO3S. The normalized spacial score (nSPS) is 12.3. The maximum Gasteiger partial charge on any atom is 0.251 e. The molecule has 4 nitrogen and oxygen atoms in total. The van der Waals surface area contributed by atoms with Gasteiger partial charge in [-0.05, 0) is 24.3 Å². The predicted molar refractivity (Wildman–Crippen MR) is 75.7 cm³/mol. The Hall–Kier alpha value is -0.570. The first-order valence-corrected chi connectivity index (χ1v) is 8.39. The molecule has 0 aliphatic heterocycles. The Kier molecular flexibility index (Phi) is 7.01. The van der Waals surface area contributed by atoms with Crippen molar-refractivity contribution < 1.29 is 22.3 Å². The summed E-state index contributed by atoms with van der Waals surface area (Å²) in [4.78, 5) is 1.39. The topological polar surface area (TPSA) is 57.6 Å². The second kappa shape index (κ2) is 8.02. The van der Waals surface area contributed by atoms with Crippen LogP contribution in [0.2, 0.25) is 0 Å². The van der Waals surface area contributed by atoms with Crippen molar-refractivity contribution in [3.05, 3.63) is 28.7 Å². The van der Waals surface area contributed by atoms with Crippen LogP contribution in [0, 0.1) is 0 Å². The summed E-state index contributed by atoms with van der Waals surface area (Å²) in [6, 6.07) is 6.14. The zero-order valence-electron chi connectivity index (χ0n) is 10.7. The van der Waals surface area contributed by atoms with Crippen molar-refractivity contribution in [3.8, 4) is 0 Å². The van der Waals surface area contributed by atoms with E-state index in [1.54, 1.807) is 12.1 Å². The third kappa shape index (κ3) is 5.82. The van der Waals surface area contributed by atoms with Gasteiger partial charge >= 0.3 is 0 Å². The summed E-state index contributed by atoms with van der Waals surface area (Å²) in [5.74, 6) is -0.263. The van der Waals surface area contributed by atoms with E-state index in [1.165, 1.54) is 17.0 Å². The molecule has 1 N–H and O–H groups in total. The number of hydrogen-bond acceptors (Lipinski definition) is 4. The fraction of sp³-hybridized carbons (Fsp3) is 0.500. The van der Waals surface area contributed by atoms with Crippen molar-refractivity contribution in [2.24, 2.45) is 0 Å². The first-order valence-electron chi connectivity index (χ1n) is 5.95. The van der Waals surface area contributed by atoms with E-state index in [2.05, 4.69) is 15.9 Å². The molecule has 0 heterocycles. The molecule has 0 aliphatic carbocycles. The summed E-state index contributed by atoms with van der Waals surface area (Å²) in [5.41, 5.74) is 0. The number of sulfone groups is 1. The average molecular weight is 372 g/mol. The Morgan fingerprint density at radius 2 is 1.80 bits per heavy atom. The summed E-state index contributed by atoms with van der Waals surface area (Å²) in [6.45, 7) is -0.842. The highest BCUT2D eigenvalue weighted by Crippen LogP contribution is 2.16. The number of aliphatic hydroxyl groups excluding tert-OH is 1. The lowest BCUT2D eigenvalue weighted by Gasteiger charge is -2.20. The molecule has 0 atom stereocenters. The lowest BCUT2D eigenvalue weighted by Crippen LogP contribution is -2.35. The van der Waals surface area contributed by atoms with Crippen molar-refractivity contribution in [1.82, 2.24) is 4.90 Å². The summed E-state index contributed by atoms with van der Waals surface area (Å²) < 4.78 is 49.5. The van der Waals surface area contributed by atoms with Crippen molar-refractivity contribution in [2.75, 3.05) is 32.0 Å². The maximum absolute atomic E-state index is 12.3. The molecule has 0 aliphatic rings. The number of rotatable bonds is 8. The summed E-state index contributed by atoms with van der Waals surface area (Å²) in [6.07, 6.45) is -2.56. The number of aliphatic hydroxyl groups is 1. The van der Waals surface area contributed by atoms with Crippen LogP contribution < -0.4 is 0 Å². The van der Waals surface area contributed by atoms with E-state index in [4.69, 9.17) is 5.11 Å². The Bertz CT molecular complexity index is 508. The van der Waals surface area contributed by atoms with Crippen molar-refractivity contribution in [2.45, 2.75) is 11.3 Å². The number of hydrogen-bond donors (Lipinski definition) is 1. The van der Waals surface area contributed by atoms with Crippen molar-refractivity contribution in [1.29, 1.82) is 0 Å². The second-order valence-corrected chi connectivity index (χ2v) is 7.21. The van der Waals surface area contributed by atoms with E-state index in [0.717, 1.165) is 4.47 Å². The molecule has 0 saturated carbocycles. The van der Waals surface area contributed by atoms with Gasteiger partial charge in [-0.3, -0.25) is 4.90 Å². The molecule has 1 aromatic carbocycles. The van der Waals surface area contributed by atoms with Crippen LogP contribution in [0.4, 0.5) is 8.78 Å². The standard InChI is InChI=1S/C12H16BrF2NO3S/c13-10-1-3-11(4-2-10)20(18,19)8-6-16(5-7-17)9-12(14)15/h1-4,12,17H,5-9H2. The Morgan fingerprint density at radius 1 is 1.20 bits per heavy atom. The summed E-state index contributed by atoms with van der Waals surface area (Å²) >= 11 is 3.21. The molecule has 0 spiro atoms. The minimum absolute atomic E-state index is 0.0280. The first kappa shape index (κ1) is 17.5. The van der Waals surface area contributed by atoms with Gasteiger partial charge in [0.1, 0.15) is 0 Å². The summed E-state index contributed by atoms with van der Waals surface area (Å²) in [7, 11) is -3.52. The van der Waals surface area contributed by atoms with Gasteiger partial charge in [-0.1, -0.05) is 15.9 Å². The highest BCUT2D eigenvalue weighted by molar-refractivity contribution is 9.10. The lowest BCUT2D eigenvalue weighted by molar-refractivity contribution is 0.0815. The molecule has 114 valence electrons. The maximum atomic E-state index is 12.3. The Balaban J connectivity index is 2.67. The quantitative estimate of drug-likeness (QED) is 0.756. The first-order chi connectivity index (χ1) is 9.35. The molecule has 20 heavy (non-hydrogen) atoms. The molecule has 1 aromatic rings. The molecule has 8 heteroatoms. The molecule has 0 bridgehead atoms. The smallest absolute Gasteiger partial charge is 0.251 e. The van der Waals surface area contributed by atoms with E-state index >= 15 is 0 Å². The molecule has 0 amide bonds. The van der Waals surface area contributed by atoms with Crippen LogP contribution in [0.5, 0.6) is 0 Å². The van der Waals surface area contributed by atoms with Crippen LogP contribution in [0.1, 0.15) is 0 Å². The average Bonchev–Trinajstić information content (AvgIpc) is 2.36. The van der Waals surface area contributed by atoms with Crippen LogP contribution in [-0.2, 0) is 9.84 Å². The molecule has 0 fully saturated rings. The van der Waals surface area contributed by atoms with Gasteiger partial charge in [0.2, 0.25) is 0 Å². The van der Waals surface area contributed by atoms with E-state index in [1.807, 2.05) is 0 Å². The third-order valence-electron chi connectivity index (χ3n) is 2.66. The van der Waals surface area contributed by atoms with Gasteiger partial charge in [-0.2, -0.15) is 0 Å². The Morgan fingerprint density at radius 3 is 2.30 bits per heavy atom. The second-order valence-electron chi connectivity index (χ2n) is 4.19. The highest BCUT2D eigenvalue weighted by Gasteiger charge is 2.18. The number of alkyl halides is 2. The minimum Gasteiger partial charge on any atom is -0.395 e. The van der Waals surface area contributed by atoms with Gasteiger partial charge in [0.25, 0.3) is 6.43 Å². The van der Waals surface area contributed by atoms with E-state index in [0.29, 0.717) is 0 Å². The monoisotopic (exact) mass is 371 g/mol. The van der Waals surface area contributed by atoms with Gasteiger partial charge < -0.3 is 5.11 Å². The van der Waals surface area contributed by atoms with E-state index in [9.17, 15) is 17.2 Å². The number of nitrogens with zero attached hydrogens (tertiary/aromatic N) is 1. The predicted octanol–water partition coefficient (Wildman–Crippen LogP) is 1.78. The zero-order chi connectivity index (χ0) is 15.2. The fourth-order valence-corrected chi connectivity index (χ4v) is 3.19. The lowest BCUT2D eigenvalue weighted by atomic mass is 10.4. The minimum atomic E-state index is -3.52. The van der Waals surface area contributed by atoms with Crippen LogP contribution >= 0.6 is 15.9 Å². The van der Waals surface area contributed by atoms with Crippen molar-refractivity contribution >= 4 is 25.8 Å². The van der Waals surface area contributed by atoms with Crippen molar-refractivity contribution in [3.63, 3.8) is 0 Å². The third-order valence-corrected chi connectivity index (χ3v) is 4.90. The van der Waals surface area contributed by atoms with Crippen LogP contribution in [0.25, 0.3) is 0 Å². The van der Waals surface area contributed by atoms with Gasteiger partial charge in [0.15, 0.2) is 9.84 Å². The van der Waals surface area contributed by atoms with Gasteiger partial charge in [0.05, 0.1) is 23.8 Å². The van der Waals surface area contributed by atoms with Crippen LogP contribution in [-0.4, -0.2) is 56.8 Å². The Labute approximate surface area is 125 Å². The number of benzene rings is 1.